The molecule has 0 bridgehead atoms. The van der Waals surface area contributed by atoms with Crippen molar-refractivity contribution in [1.29, 1.82) is 0 Å². The molecule has 0 spiro atoms. The van der Waals surface area contributed by atoms with Crippen LogP contribution >= 0.6 is 0 Å². The van der Waals surface area contributed by atoms with Gasteiger partial charge in [-0.05, 0) is 37.1 Å². The van der Waals surface area contributed by atoms with Crippen molar-refractivity contribution in [3.63, 3.8) is 0 Å². The second kappa shape index (κ2) is 7.38. The molecule has 0 unspecified atom stereocenters. The largest absolute Gasteiger partial charge is 0.504 e. The van der Waals surface area contributed by atoms with Crippen molar-refractivity contribution in [3.8, 4) is 11.1 Å². The molecule has 0 aliphatic carbocycles. The van der Waals surface area contributed by atoms with Crippen molar-refractivity contribution in [1.82, 2.24) is 4.98 Å². The number of pyridine rings is 1. The van der Waals surface area contributed by atoms with E-state index in [0.29, 0.717) is 24.5 Å². The Balaban J connectivity index is 2.70. The van der Waals surface area contributed by atoms with Gasteiger partial charge in [-0.1, -0.05) is 30.3 Å². The molecule has 0 amide bonds. The van der Waals surface area contributed by atoms with Crippen molar-refractivity contribution in [2.24, 2.45) is 0 Å². The summed E-state index contributed by atoms with van der Waals surface area (Å²) in [5.74, 6) is -1.22. The summed E-state index contributed by atoms with van der Waals surface area (Å²) in [6, 6.07) is 10.7. The lowest BCUT2D eigenvalue weighted by molar-refractivity contribution is -0.119. The molecule has 1 N–H and O–H groups in total. The fourth-order valence-electron chi connectivity index (χ4n) is 2.47. The fourth-order valence-corrected chi connectivity index (χ4v) is 2.47. The zero-order valence-electron chi connectivity index (χ0n) is 13.5. The van der Waals surface area contributed by atoms with Crippen LogP contribution in [0.3, 0.4) is 0 Å². The van der Waals surface area contributed by atoms with Gasteiger partial charge in [0, 0.05) is 24.8 Å². The lowest BCUT2D eigenvalue weighted by atomic mass is 9.99. The van der Waals surface area contributed by atoms with E-state index >= 15 is 0 Å². The summed E-state index contributed by atoms with van der Waals surface area (Å²) in [4.78, 5) is 6.09. The predicted molar refractivity (Wildman–Crippen MR) is 89.9 cm³/mol. The minimum absolute atomic E-state index is 0.252. The van der Waals surface area contributed by atoms with Gasteiger partial charge in [0.25, 0.3) is 0 Å². The number of benzene rings is 1. The smallest absolute Gasteiger partial charge is 0.448 e. The maximum Gasteiger partial charge on any atom is 0.448 e. The second-order valence-electron chi connectivity index (χ2n) is 5.16. The normalized spacial score (nSPS) is 12.3. The second-order valence-corrected chi connectivity index (χ2v) is 5.16. The van der Waals surface area contributed by atoms with Crippen LogP contribution in [0.25, 0.3) is 17.2 Å². The summed E-state index contributed by atoms with van der Waals surface area (Å²) in [6.45, 7) is 4.99. The number of aromatic nitrogens is 1. The minimum Gasteiger partial charge on any atom is -0.504 e. The Morgan fingerprint density at radius 1 is 1.12 bits per heavy atom. The summed E-state index contributed by atoms with van der Waals surface area (Å²) in [5.41, 5.74) is 1.60. The van der Waals surface area contributed by atoms with Gasteiger partial charge in [-0.2, -0.15) is 13.2 Å². The van der Waals surface area contributed by atoms with Gasteiger partial charge in [0.15, 0.2) is 5.76 Å². The molecule has 2 aromatic rings. The van der Waals surface area contributed by atoms with Crippen LogP contribution in [0.2, 0.25) is 0 Å². The predicted octanol–water partition coefficient (Wildman–Crippen LogP) is 5.06. The number of aliphatic hydroxyl groups excluding tert-OH is 1. The van der Waals surface area contributed by atoms with Gasteiger partial charge in [0.05, 0.1) is 0 Å². The highest BCUT2D eigenvalue weighted by atomic mass is 19.4. The highest BCUT2D eigenvalue weighted by Gasteiger charge is 2.34. The molecule has 128 valence electrons. The number of rotatable bonds is 5. The van der Waals surface area contributed by atoms with Crippen molar-refractivity contribution >= 4 is 11.9 Å². The van der Waals surface area contributed by atoms with Crippen LogP contribution in [-0.4, -0.2) is 29.4 Å². The average molecular weight is 336 g/mol. The van der Waals surface area contributed by atoms with Crippen LogP contribution in [0.4, 0.5) is 19.0 Å². The molecule has 2 rings (SSSR count). The number of aliphatic hydroxyl groups is 1. The zero-order chi connectivity index (χ0) is 17.7. The van der Waals surface area contributed by atoms with Crippen LogP contribution in [0.5, 0.6) is 0 Å². The molecule has 3 nitrogen and oxygen atoms in total. The van der Waals surface area contributed by atoms with E-state index in [1.54, 1.807) is 12.3 Å². The molecular formula is C18H19F3N2O. The molecule has 24 heavy (non-hydrogen) atoms. The highest BCUT2D eigenvalue weighted by molar-refractivity contribution is 5.82. The zero-order valence-corrected chi connectivity index (χ0v) is 13.5. The van der Waals surface area contributed by atoms with Gasteiger partial charge in [-0.15, -0.1) is 0 Å². The molecule has 0 saturated carbocycles. The Morgan fingerprint density at radius 3 is 2.29 bits per heavy atom. The van der Waals surface area contributed by atoms with Gasteiger partial charge in [0.2, 0.25) is 0 Å². The topological polar surface area (TPSA) is 36.4 Å². The van der Waals surface area contributed by atoms with E-state index in [0.717, 1.165) is 11.6 Å². The third-order valence-corrected chi connectivity index (χ3v) is 3.69. The molecule has 1 aromatic carbocycles. The van der Waals surface area contributed by atoms with Gasteiger partial charge >= 0.3 is 6.18 Å². The van der Waals surface area contributed by atoms with Crippen LogP contribution in [-0.2, 0) is 0 Å². The first kappa shape index (κ1) is 17.8. The van der Waals surface area contributed by atoms with Gasteiger partial charge in [-0.3, -0.25) is 0 Å². The van der Waals surface area contributed by atoms with Crippen LogP contribution in [0.15, 0.2) is 48.4 Å². The van der Waals surface area contributed by atoms with Crippen molar-refractivity contribution in [2.45, 2.75) is 20.0 Å². The Bertz CT molecular complexity index is 708. The summed E-state index contributed by atoms with van der Waals surface area (Å²) >= 11 is 0. The molecule has 0 aliphatic heterocycles. The maximum absolute atomic E-state index is 12.8. The SMILES string of the molecule is CCN(CC)c1nccc(-c2ccccc2)c1C=C(O)C(F)(F)F. The van der Waals surface area contributed by atoms with E-state index in [2.05, 4.69) is 4.98 Å². The van der Waals surface area contributed by atoms with Crippen molar-refractivity contribution in [2.75, 3.05) is 18.0 Å². The third-order valence-electron chi connectivity index (χ3n) is 3.69. The van der Waals surface area contributed by atoms with E-state index < -0.39 is 11.9 Å². The monoisotopic (exact) mass is 336 g/mol. The van der Waals surface area contributed by atoms with Crippen LogP contribution in [0, 0.1) is 0 Å². The lowest BCUT2D eigenvalue weighted by Crippen LogP contribution is -2.24. The number of nitrogens with zero attached hydrogens (tertiary/aromatic N) is 2. The van der Waals surface area contributed by atoms with Crippen molar-refractivity contribution in [3.05, 3.63) is 53.9 Å². The molecule has 1 heterocycles. The van der Waals surface area contributed by atoms with Crippen molar-refractivity contribution < 1.29 is 18.3 Å². The highest BCUT2D eigenvalue weighted by Crippen LogP contribution is 2.34. The number of halogens is 3. The fraction of sp³-hybridized carbons (Fsp3) is 0.278. The Kier molecular flexibility index (Phi) is 5.49. The molecular weight excluding hydrogens is 317 g/mol. The van der Waals surface area contributed by atoms with Gasteiger partial charge < -0.3 is 10.0 Å². The number of anilines is 1. The summed E-state index contributed by atoms with van der Waals surface area (Å²) in [6.07, 6.45) is -2.48. The number of allylic oxidation sites excluding steroid dienone is 1. The molecule has 0 aliphatic rings. The van der Waals surface area contributed by atoms with E-state index in [4.69, 9.17) is 0 Å². The first-order chi connectivity index (χ1) is 11.4. The number of hydrogen-bond donors (Lipinski definition) is 1. The quantitative estimate of drug-likeness (QED) is 0.776. The molecule has 1 aromatic heterocycles. The summed E-state index contributed by atoms with van der Waals surface area (Å²) in [7, 11) is 0. The van der Waals surface area contributed by atoms with E-state index in [1.807, 2.05) is 49.1 Å². The first-order valence-electron chi connectivity index (χ1n) is 7.65. The maximum atomic E-state index is 12.8. The van der Waals surface area contributed by atoms with Gasteiger partial charge in [-0.25, -0.2) is 4.98 Å². The first-order valence-corrected chi connectivity index (χ1v) is 7.65. The number of alkyl halides is 3. The van der Waals surface area contributed by atoms with E-state index in [-0.39, 0.29) is 5.56 Å². The lowest BCUT2D eigenvalue weighted by Gasteiger charge is -2.23. The Hall–Kier alpha value is -2.50. The van der Waals surface area contributed by atoms with Crippen LogP contribution in [0.1, 0.15) is 19.4 Å². The van der Waals surface area contributed by atoms with E-state index in [1.165, 1.54) is 0 Å². The summed E-state index contributed by atoms with van der Waals surface area (Å²) < 4.78 is 38.4. The van der Waals surface area contributed by atoms with E-state index in [9.17, 15) is 18.3 Å². The minimum atomic E-state index is -4.80. The Morgan fingerprint density at radius 2 is 1.75 bits per heavy atom. The molecule has 0 radical (unpaired) electrons. The van der Waals surface area contributed by atoms with Crippen LogP contribution < -0.4 is 4.90 Å². The summed E-state index contributed by atoms with van der Waals surface area (Å²) in [5, 5.41) is 9.45. The molecule has 6 heteroatoms. The molecule has 0 fully saturated rings. The molecule has 0 atom stereocenters. The third kappa shape index (κ3) is 3.88. The average Bonchev–Trinajstić information content (AvgIpc) is 2.57. The Labute approximate surface area is 139 Å². The van der Waals surface area contributed by atoms with Gasteiger partial charge in [0.1, 0.15) is 5.82 Å². The number of hydrogen-bond acceptors (Lipinski definition) is 3. The standard InChI is InChI=1S/C18H19F3N2O/c1-3-23(4-2)17-15(12-16(24)18(19,20)21)14(10-11-22-17)13-8-6-5-7-9-13/h5-12,24H,3-4H2,1-2H3. The molecule has 0 saturated heterocycles.